The maximum atomic E-state index is 12.0. The molecule has 0 amide bonds. The van der Waals surface area contributed by atoms with Crippen LogP contribution in [0, 0.1) is 0 Å². The van der Waals surface area contributed by atoms with Crippen molar-refractivity contribution in [2.24, 2.45) is 0 Å². The maximum absolute atomic E-state index is 12.0. The van der Waals surface area contributed by atoms with Gasteiger partial charge in [0.05, 0.1) is 6.61 Å². The monoisotopic (exact) mass is 276 g/mol. The van der Waals surface area contributed by atoms with Crippen LogP contribution in [0.1, 0.15) is 19.8 Å². The Bertz CT molecular complexity index is 596. The van der Waals surface area contributed by atoms with Crippen LogP contribution >= 0.6 is 11.3 Å². The van der Waals surface area contributed by atoms with Gasteiger partial charge in [-0.3, -0.25) is 0 Å². The lowest BCUT2D eigenvalue weighted by Gasteiger charge is -2.24. The molecule has 1 aliphatic heterocycles. The van der Waals surface area contributed by atoms with Gasteiger partial charge in [-0.15, -0.1) is 11.3 Å². The smallest absolute Gasteiger partial charge is 0.328 e. The third kappa shape index (κ3) is 2.18. The Morgan fingerprint density at radius 2 is 2.47 bits per heavy atom. The number of anilines is 1. The standard InChI is InChI=1S/C14H16N2O2S/c1-2-18-14(17)11-4-3-8-16(11)13-10-6-9-19-12(10)5-7-15-13/h5-7,9,11H,2-4,8H2,1H3. The Labute approximate surface area is 116 Å². The second-order valence-electron chi connectivity index (χ2n) is 4.57. The van der Waals surface area contributed by atoms with Gasteiger partial charge in [-0.25, -0.2) is 9.78 Å². The summed E-state index contributed by atoms with van der Waals surface area (Å²) in [5.41, 5.74) is 0. The van der Waals surface area contributed by atoms with Gasteiger partial charge < -0.3 is 9.64 Å². The van der Waals surface area contributed by atoms with Crippen LogP contribution in [-0.2, 0) is 9.53 Å². The fourth-order valence-electron chi connectivity index (χ4n) is 2.61. The van der Waals surface area contributed by atoms with E-state index in [9.17, 15) is 4.79 Å². The van der Waals surface area contributed by atoms with Crippen molar-refractivity contribution in [3.05, 3.63) is 23.7 Å². The number of pyridine rings is 1. The van der Waals surface area contributed by atoms with Crippen molar-refractivity contribution in [2.75, 3.05) is 18.1 Å². The lowest BCUT2D eigenvalue weighted by Crippen LogP contribution is -2.37. The molecule has 1 fully saturated rings. The summed E-state index contributed by atoms with van der Waals surface area (Å²) in [5, 5.41) is 3.19. The number of thiophene rings is 1. The number of fused-ring (bicyclic) bond motifs is 1. The first-order valence-electron chi connectivity index (χ1n) is 6.56. The first kappa shape index (κ1) is 12.4. The van der Waals surface area contributed by atoms with Crippen LogP contribution in [0.2, 0.25) is 0 Å². The van der Waals surface area contributed by atoms with E-state index in [0.29, 0.717) is 6.61 Å². The van der Waals surface area contributed by atoms with Crippen LogP contribution in [0.25, 0.3) is 10.1 Å². The molecule has 2 aromatic rings. The minimum Gasteiger partial charge on any atom is -0.464 e. The van der Waals surface area contributed by atoms with E-state index in [1.807, 2.05) is 19.2 Å². The maximum Gasteiger partial charge on any atom is 0.328 e. The molecule has 1 saturated heterocycles. The second kappa shape index (κ2) is 5.17. The summed E-state index contributed by atoms with van der Waals surface area (Å²) in [6.45, 7) is 3.14. The second-order valence-corrected chi connectivity index (χ2v) is 5.52. The molecule has 4 nitrogen and oxygen atoms in total. The zero-order chi connectivity index (χ0) is 13.2. The van der Waals surface area contributed by atoms with Crippen LogP contribution in [0.3, 0.4) is 0 Å². The molecule has 100 valence electrons. The molecule has 0 spiro atoms. The minimum absolute atomic E-state index is 0.131. The number of aromatic nitrogens is 1. The normalized spacial score (nSPS) is 19.0. The quantitative estimate of drug-likeness (QED) is 0.808. The summed E-state index contributed by atoms with van der Waals surface area (Å²) < 4.78 is 6.37. The third-order valence-electron chi connectivity index (χ3n) is 3.44. The predicted octanol–water partition coefficient (Wildman–Crippen LogP) is 2.83. The topological polar surface area (TPSA) is 42.4 Å². The highest BCUT2D eigenvalue weighted by molar-refractivity contribution is 7.17. The number of hydrogen-bond acceptors (Lipinski definition) is 5. The highest BCUT2D eigenvalue weighted by Crippen LogP contribution is 2.33. The summed E-state index contributed by atoms with van der Waals surface area (Å²) in [6.07, 6.45) is 3.67. The Morgan fingerprint density at radius 3 is 3.32 bits per heavy atom. The Balaban J connectivity index is 1.96. The fraction of sp³-hybridized carbons (Fsp3) is 0.429. The molecule has 0 aliphatic carbocycles. The molecule has 0 bridgehead atoms. The van der Waals surface area contributed by atoms with Crippen LogP contribution < -0.4 is 4.90 Å². The van der Waals surface area contributed by atoms with Gasteiger partial charge in [0.2, 0.25) is 0 Å². The Hall–Kier alpha value is -1.62. The molecular weight excluding hydrogens is 260 g/mol. The molecule has 5 heteroatoms. The molecule has 0 aromatic carbocycles. The fourth-order valence-corrected chi connectivity index (χ4v) is 3.39. The third-order valence-corrected chi connectivity index (χ3v) is 4.32. The predicted molar refractivity (Wildman–Crippen MR) is 76.6 cm³/mol. The number of nitrogens with zero attached hydrogens (tertiary/aromatic N) is 2. The summed E-state index contributed by atoms with van der Waals surface area (Å²) in [5.74, 6) is 0.781. The molecule has 0 N–H and O–H groups in total. The zero-order valence-corrected chi connectivity index (χ0v) is 11.7. The SMILES string of the molecule is CCOC(=O)C1CCCN1c1nccc2sccc12. The van der Waals surface area contributed by atoms with Crippen molar-refractivity contribution in [1.29, 1.82) is 0 Å². The number of hydrogen-bond donors (Lipinski definition) is 0. The van der Waals surface area contributed by atoms with E-state index in [0.717, 1.165) is 30.6 Å². The van der Waals surface area contributed by atoms with Crippen LogP contribution in [0.4, 0.5) is 5.82 Å². The molecule has 2 aromatic heterocycles. The van der Waals surface area contributed by atoms with E-state index < -0.39 is 0 Å². The van der Waals surface area contributed by atoms with Crippen molar-refractivity contribution in [3.63, 3.8) is 0 Å². The van der Waals surface area contributed by atoms with E-state index in [1.54, 1.807) is 11.3 Å². The highest BCUT2D eigenvalue weighted by Gasteiger charge is 2.33. The molecule has 3 rings (SSSR count). The highest BCUT2D eigenvalue weighted by atomic mass is 32.1. The van der Waals surface area contributed by atoms with Gasteiger partial charge in [-0.05, 0) is 37.3 Å². The van der Waals surface area contributed by atoms with E-state index in [4.69, 9.17) is 4.74 Å². The van der Waals surface area contributed by atoms with Crippen LogP contribution in [0.15, 0.2) is 23.7 Å². The van der Waals surface area contributed by atoms with Gasteiger partial charge in [0.15, 0.2) is 0 Å². The van der Waals surface area contributed by atoms with E-state index in [2.05, 4.69) is 21.3 Å². The van der Waals surface area contributed by atoms with Gasteiger partial charge in [0.1, 0.15) is 11.9 Å². The van der Waals surface area contributed by atoms with E-state index in [1.165, 1.54) is 4.70 Å². The molecule has 0 radical (unpaired) electrons. The molecule has 1 unspecified atom stereocenters. The lowest BCUT2D eigenvalue weighted by molar-refractivity contribution is -0.144. The van der Waals surface area contributed by atoms with Gasteiger partial charge in [0, 0.05) is 22.8 Å². The summed E-state index contributed by atoms with van der Waals surface area (Å²) in [7, 11) is 0. The van der Waals surface area contributed by atoms with Gasteiger partial charge in [-0.1, -0.05) is 0 Å². The minimum atomic E-state index is -0.182. The molecule has 19 heavy (non-hydrogen) atoms. The van der Waals surface area contributed by atoms with E-state index >= 15 is 0 Å². The van der Waals surface area contributed by atoms with Crippen LogP contribution in [0.5, 0.6) is 0 Å². The Morgan fingerprint density at radius 1 is 1.58 bits per heavy atom. The molecule has 1 aliphatic rings. The van der Waals surface area contributed by atoms with Crippen molar-refractivity contribution in [3.8, 4) is 0 Å². The van der Waals surface area contributed by atoms with Crippen molar-refractivity contribution in [2.45, 2.75) is 25.8 Å². The number of carbonyl (C=O) groups excluding carboxylic acids is 1. The first-order valence-corrected chi connectivity index (χ1v) is 7.44. The van der Waals surface area contributed by atoms with Crippen molar-refractivity contribution >= 4 is 33.2 Å². The number of carbonyl (C=O) groups is 1. The molecular formula is C14H16N2O2S. The summed E-state index contributed by atoms with van der Waals surface area (Å²) in [6, 6.07) is 3.90. The van der Waals surface area contributed by atoms with Crippen molar-refractivity contribution < 1.29 is 9.53 Å². The average molecular weight is 276 g/mol. The van der Waals surface area contributed by atoms with Gasteiger partial charge >= 0.3 is 5.97 Å². The molecule has 3 heterocycles. The molecule has 0 saturated carbocycles. The first-order chi connectivity index (χ1) is 9.31. The van der Waals surface area contributed by atoms with Gasteiger partial charge in [0.25, 0.3) is 0 Å². The summed E-state index contributed by atoms with van der Waals surface area (Å²) >= 11 is 1.70. The Kier molecular flexibility index (Phi) is 3.38. The average Bonchev–Trinajstić information content (AvgIpc) is 3.07. The number of rotatable bonds is 3. The number of esters is 1. The van der Waals surface area contributed by atoms with Crippen molar-refractivity contribution in [1.82, 2.24) is 4.98 Å². The van der Waals surface area contributed by atoms with E-state index in [-0.39, 0.29) is 12.0 Å². The number of ether oxygens (including phenoxy) is 1. The summed E-state index contributed by atoms with van der Waals surface area (Å²) in [4.78, 5) is 18.6. The van der Waals surface area contributed by atoms with Gasteiger partial charge in [-0.2, -0.15) is 0 Å². The molecule has 1 atom stereocenters. The largest absolute Gasteiger partial charge is 0.464 e. The zero-order valence-electron chi connectivity index (χ0n) is 10.8. The van der Waals surface area contributed by atoms with Crippen LogP contribution in [-0.4, -0.2) is 30.1 Å². The lowest BCUT2D eigenvalue weighted by atomic mass is 10.2.